The summed E-state index contributed by atoms with van der Waals surface area (Å²) in [5, 5.41) is 2.94. The number of fused-ring (bicyclic) bond motifs is 1. The van der Waals surface area contributed by atoms with Gasteiger partial charge in [0.2, 0.25) is 0 Å². The number of thioether (sulfide) groups is 2. The molecule has 0 spiro atoms. The number of carbonyl (C=O) groups is 1. The van der Waals surface area contributed by atoms with E-state index in [1.54, 1.807) is 0 Å². The molecule has 7 heteroatoms. The van der Waals surface area contributed by atoms with Crippen LogP contribution in [-0.2, 0) is 17.8 Å². The molecule has 2 aliphatic rings. The first-order chi connectivity index (χ1) is 15.7. The number of amides is 1. The average Bonchev–Trinajstić information content (AvgIpc) is 3.28. The summed E-state index contributed by atoms with van der Waals surface area (Å²) in [5.74, 6) is 4.14. The van der Waals surface area contributed by atoms with Gasteiger partial charge in [-0.1, -0.05) is 24.3 Å². The third kappa shape index (κ3) is 5.15. The van der Waals surface area contributed by atoms with Gasteiger partial charge in [0, 0.05) is 30.4 Å². The van der Waals surface area contributed by atoms with Crippen molar-refractivity contribution in [3.05, 3.63) is 66.1 Å². The van der Waals surface area contributed by atoms with Crippen molar-refractivity contribution in [2.24, 2.45) is 0 Å². The molecule has 1 amide bonds. The molecule has 0 radical (unpaired) electrons. The molecule has 2 aromatic carbocycles. The summed E-state index contributed by atoms with van der Waals surface area (Å²) in [6.45, 7) is 1.02. The molecule has 1 fully saturated rings. The number of aromatic nitrogens is 2. The van der Waals surface area contributed by atoms with Crippen molar-refractivity contribution in [2.45, 2.75) is 36.8 Å². The van der Waals surface area contributed by atoms with Gasteiger partial charge in [0.1, 0.15) is 11.6 Å². The SMILES string of the molecule is O=C(COc1ccc(C2SCCCS2)cc1)Nc1cccc(-c2cn3c(n2)CCCC3)c1. The number of rotatable bonds is 6. The lowest BCUT2D eigenvalue weighted by Gasteiger charge is -2.21. The Bertz CT molecular complexity index is 1050. The second-order valence-electron chi connectivity index (χ2n) is 8.11. The van der Waals surface area contributed by atoms with Crippen LogP contribution in [0.1, 0.15) is 35.2 Å². The van der Waals surface area contributed by atoms with E-state index < -0.39 is 0 Å². The molecule has 3 aromatic rings. The highest BCUT2D eigenvalue weighted by Gasteiger charge is 2.17. The summed E-state index contributed by atoms with van der Waals surface area (Å²) < 4.78 is 8.46. The zero-order valence-electron chi connectivity index (χ0n) is 18.0. The first-order valence-corrected chi connectivity index (χ1v) is 13.3. The summed E-state index contributed by atoms with van der Waals surface area (Å²) >= 11 is 4.00. The van der Waals surface area contributed by atoms with Gasteiger partial charge in [-0.25, -0.2) is 4.98 Å². The monoisotopic (exact) mass is 465 g/mol. The fraction of sp³-hybridized carbons (Fsp3) is 0.360. The first kappa shape index (κ1) is 21.5. The van der Waals surface area contributed by atoms with Gasteiger partial charge in [0.25, 0.3) is 5.91 Å². The van der Waals surface area contributed by atoms with E-state index in [9.17, 15) is 4.79 Å². The van der Waals surface area contributed by atoms with Crippen LogP contribution in [0.5, 0.6) is 5.75 Å². The van der Waals surface area contributed by atoms with Crippen LogP contribution < -0.4 is 10.1 Å². The van der Waals surface area contributed by atoms with Gasteiger partial charge < -0.3 is 14.6 Å². The fourth-order valence-corrected chi connectivity index (χ4v) is 6.95. The smallest absolute Gasteiger partial charge is 0.262 e. The number of aryl methyl sites for hydroxylation is 2. The Hall–Kier alpha value is -2.38. The maximum atomic E-state index is 12.4. The minimum Gasteiger partial charge on any atom is -0.484 e. The summed E-state index contributed by atoms with van der Waals surface area (Å²) in [6.07, 6.45) is 6.85. The van der Waals surface area contributed by atoms with E-state index in [4.69, 9.17) is 9.72 Å². The van der Waals surface area contributed by atoms with Gasteiger partial charge in [0.15, 0.2) is 6.61 Å². The number of hydrogen-bond donors (Lipinski definition) is 1. The van der Waals surface area contributed by atoms with Crippen molar-refractivity contribution in [2.75, 3.05) is 23.4 Å². The predicted octanol–water partition coefficient (Wildman–Crippen LogP) is 5.77. The van der Waals surface area contributed by atoms with Gasteiger partial charge in [-0.05, 0) is 60.6 Å². The summed E-state index contributed by atoms with van der Waals surface area (Å²) in [7, 11) is 0. The molecule has 0 aliphatic carbocycles. The molecule has 1 N–H and O–H groups in total. The van der Waals surface area contributed by atoms with Crippen LogP contribution in [0, 0.1) is 0 Å². The Kier molecular flexibility index (Phi) is 6.74. The fourth-order valence-electron chi connectivity index (χ4n) is 4.06. The average molecular weight is 466 g/mol. The lowest BCUT2D eigenvalue weighted by Crippen LogP contribution is -2.20. The highest BCUT2D eigenvalue weighted by Crippen LogP contribution is 2.43. The third-order valence-corrected chi connectivity index (χ3v) is 8.72. The van der Waals surface area contributed by atoms with Crippen molar-refractivity contribution < 1.29 is 9.53 Å². The third-order valence-electron chi connectivity index (χ3n) is 5.70. The van der Waals surface area contributed by atoms with Crippen LogP contribution in [0.4, 0.5) is 5.69 Å². The minimum absolute atomic E-state index is 0.0186. The number of hydrogen-bond acceptors (Lipinski definition) is 5. The first-order valence-electron chi connectivity index (χ1n) is 11.2. The maximum absolute atomic E-state index is 12.4. The zero-order chi connectivity index (χ0) is 21.8. The van der Waals surface area contributed by atoms with E-state index in [0.29, 0.717) is 10.3 Å². The largest absolute Gasteiger partial charge is 0.484 e. The molecule has 1 aromatic heterocycles. The number of imidazole rings is 1. The highest BCUT2D eigenvalue weighted by atomic mass is 32.2. The van der Waals surface area contributed by atoms with Gasteiger partial charge in [0.05, 0.1) is 10.3 Å². The van der Waals surface area contributed by atoms with Crippen molar-refractivity contribution in [3.8, 4) is 17.0 Å². The standard InChI is InChI=1S/C25H27N3O2S2/c29-24(17-30-21-10-8-18(9-11-21)25-31-13-4-14-32-25)26-20-6-3-5-19(15-20)22-16-28-12-2-1-7-23(28)27-22/h3,5-6,8-11,15-16,25H,1-2,4,7,12-14,17H2,(H,26,29). The van der Waals surface area contributed by atoms with E-state index >= 15 is 0 Å². The number of ether oxygens (including phenoxy) is 1. The molecule has 2 aliphatic heterocycles. The van der Waals surface area contributed by atoms with Crippen LogP contribution in [0.2, 0.25) is 0 Å². The normalized spacial score (nSPS) is 16.4. The van der Waals surface area contributed by atoms with Gasteiger partial charge in [-0.3, -0.25) is 4.79 Å². The van der Waals surface area contributed by atoms with Gasteiger partial charge in [-0.15, -0.1) is 23.5 Å². The number of anilines is 1. The van der Waals surface area contributed by atoms with Gasteiger partial charge >= 0.3 is 0 Å². The Balaban J connectivity index is 1.17. The second-order valence-corrected chi connectivity index (χ2v) is 10.8. The molecule has 32 heavy (non-hydrogen) atoms. The molecule has 5 rings (SSSR count). The van der Waals surface area contributed by atoms with Crippen molar-refractivity contribution in [3.63, 3.8) is 0 Å². The summed E-state index contributed by atoms with van der Waals surface area (Å²) in [4.78, 5) is 17.2. The van der Waals surface area contributed by atoms with Crippen LogP contribution in [0.3, 0.4) is 0 Å². The van der Waals surface area contributed by atoms with E-state index in [0.717, 1.165) is 35.7 Å². The van der Waals surface area contributed by atoms with Crippen molar-refractivity contribution >= 4 is 35.1 Å². The van der Waals surface area contributed by atoms with E-state index in [1.807, 2.05) is 59.9 Å². The summed E-state index contributed by atoms with van der Waals surface area (Å²) in [5.41, 5.74) is 4.04. The number of benzene rings is 2. The van der Waals surface area contributed by atoms with Crippen LogP contribution >= 0.6 is 23.5 Å². The second kappa shape index (κ2) is 10.0. The van der Waals surface area contributed by atoms with Crippen LogP contribution in [0.25, 0.3) is 11.3 Å². The summed E-state index contributed by atoms with van der Waals surface area (Å²) in [6, 6.07) is 16.0. The lowest BCUT2D eigenvalue weighted by atomic mass is 10.1. The molecule has 166 valence electrons. The Morgan fingerprint density at radius 2 is 1.94 bits per heavy atom. The predicted molar refractivity (Wildman–Crippen MR) is 133 cm³/mol. The molecule has 0 bridgehead atoms. The zero-order valence-corrected chi connectivity index (χ0v) is 19.6. The molecular formula is C25H27N3O2S2. The van der Waals surface area contributed by atoms with Gasteiger partial charge in [-0.2, -0.15) is 0 Å². The maximum Gasteiger partial charge on any atom is 0.262 e. The molecule has 3 heterocycles. The Morgan fingerprint density at radius 1 is 1.09 bits per heavy atom. The van der Waals surface area contributed by atoms with Crippen LogP contribution in [0.15, 0.2) is 54.7 Å². The molecule has 0 atom stereocenters. The van der Waals surface area contributed by atoms with E-state index in [2.05, 4.69) is 28.2 Å². The van der Waals surface area contributed by atoms with Crippen molar-refractivity contribution in [1.82, 2.24) is 9.55 Å². The molecule has 0 unspecified atom stereocenters. The quantitative estimate of drug-likeness (QED) is 0.501. The van der Waals surface area contributed by atoms with Crippen LogP contribution in [-0.4, -0.2) is 33.6 Å². The Labute approximate surface area is 197 Å². The number of nitrogens with zero attached hydrogens (tertiary/aromatic N) is 2. The number of nitrogens with one attached hydrogen (secondary N) is 1. The number of carbonyl (C=O) groups excluding carboxylic acids is 1. The highest BCUT2D eigenvalue weighted by molar-refractivity contribution is 8.16. The molecule has 1 saturated heterocycles. The Morgan fingerprint density at radius 3 is 2.75 bits per heavy atom. The molecule has 5 nitrogen and oxygen atoms in total. The van der Waals surface area contributed by atoms with E-state index in [-0.39, 0.29) is 12.5 Å². The topological polar surface area (TPSA) is 56.1 Å². The molecule has 0 saturated carbocycles. The lowest BCUT2D eigenvalue weighted by molar-refractivity contribution is -0.118. The van der Waals surface area contributed by atoms with Crippen molar-refractivity contribution in [1.29, 1.82) is 0 Å². The van der Waals surface area contributed by atoms with E-state index in [1.165, 1.54) is 36.3 Å². The minimum atomic E-state index is -0.172. The molecular weight excluding hydrogens is 438 g/mol.